The van der Waals surface area contributed by atoms with Crippen LogP contribution in [0.2, 0.25) is 0 Å². The summed E-state index contributed by atoms with van der Waals surface area (Å²) >= 11 is 0. The summed E-state index contributed by atoms with van der Waals surface area (Å²) in [5.41, 5.74) is 0. The van der Waals surface area contributed by atoms with E-state index in [2.05, 4.69) is 0 Å². The highest BCUT2D eigenvalue weighted by Gasteiger charge is 2.51. The molecule has 25 atom stereocenters. The molecule has 5 saturated heterocycles. The van der Waals surface area contributed by atoms with Crippen molar-refractivity contribution in [1.29, 1.82) is 0 Å². The Morgan fingerprint density at radius 2 is 0.500 bits per heavy atom. The zero-order chi connectivity index (χ0) is 41.3. The van der Waals surface area contributed by atoms with Crippen molar-refractivity contribution >= 4 is 0 Å². The quantitative estimate of drug-likeness (QED) is 0.0819. The van der Waals surface area contributed by atoms with Gasteiger partial charge in [0.2, 0.25) is 0 Å². The van der Waals surface area contributed by atoms with Crippen molar-refractivity contribution in [3.63, 3.8) is 0 Å². The summed E-state index contributed by atoms with van der Waals surface area (Å²) in [6, 6.07) is 0. The number of rotatable bonds is 13. The first-order chi connectivity index (χ1) is 26.4. The Morgan fingerprint density at radius 1 is 0.268 bits per heavy atom. The van der Waals surface area contributed by atoms with Crippen LogP contribution in [-0.2, 0) is 42.6 Å². The Hall–Kier alpha value is -1.04. The van der Waals surface area contributed by atoms with E-state index in [-0.39, 0.29) is 0 Å². The van der Waals surface area contributed by atoms with Crippen molar-refractivity contribution in [2.45, 2.75) is 154 Å². The molecule has 5 heterocycles. The maximum atomic E-state index is 10.6. The zero-order valence-electron chi connectivity index (χ0n) is 29.2. The molecule has 0 aromatic carbocycles. The molecular weight excluding hydrogens is 776 g/mol. The fraction of sp³-hybridized carbons (Fsp3) is 1.00. The summed E-state index contributed by atoms with van der Waals surface area (Å²) in [7, 11) is 0. The molecule has 0 radical (unpaired) electrons. The first-order valence-electron chi connectivity index (χ1n) is 17.6. The summed E-state index contributed by atoms with van der Waals surface area (Å²) < 4.78 is 48.5. The Labute approximate surface area is 316 Å². The zero-order valence-corrected chi connectivity index (χ0v) is 29.2. The lowest BCUT2D eigenvalue weighted by atomic mass is 9.97. The van der Waals surface area contributed by atoms with Gasteiger partial charge in [-0.2, -0.15) is 0 Å². The Balaban J connectivity index is 1.15. The molecule has 56 heavy (non-hydrogen) atoms. The van der Waals surface area contributed by atoms with E-state index in [4.69, 9.17) is 42.6 Å². The summed E-state index contributed by atoms with van der Waals surface area (Å²) in [6.45, 7) is -3.57. The standard InChI is InChI=1S/C30H52O26/c31-1-6-11(32)17(38)22(43)27(53-6)49-3-8-13(34)19(40)24(45)29(55-8)51-5-10-15(36)20(41)25(46)30(56-10)50-4-9-14(35)18(39)23(44)28(54-9)48-2-7-12(33)16(37)21(42)26(47)52-7/h6-47H,1-5H2/t6-,7-,8-,9-,10-,11-,12-,13-,14-,15+,16+,17+,18+,19+,20+,21-,22-,23-,24-,25-,26-,27-,28-,29-,30-/m1/s1. The van der Waals surface area contributed by atoms with Crippen molar-refractivity contribution in [3.8, 4) is 0 Å². The van der Waals surface area contributed by atoms with Crippen LogP contribution in [0.25, 0.3) is 0 Å². The Kier molecular flexibility index (Phi) is 16.1. The molecule has 5 fully saturated rings. The normalized spacial score (nSPS) is 53.2. The summed E-state index contributed by atoms with van der Waals surface area (Å²) in [5, 5.41) is 173. The van der Waals surface area contributed by atoms with Crippen LogP contribution in [0.4, 0.5) is 0 Å². The number of aliphatic hydroxyl groups excluding tert-OH is 17. The second-order valence-corrected chi connectivity index (χ2v) is 14.1. The van der Waals surface area contributed by atoms with Crippen molar-refractivity contribution in [3.05, 3.63) is 0 Å². The molecule has 0 amide bonds. The molecule has 5 aliphatic rings. The van der Waals surface area contributed by atoms with Gasteiger partial charge in [-0.05, 0) is 0 Å². The van der Waals surface area contributed by atoms with Gasteiger partial charge in [-0.3, -0.25) is 0 Å². The van der Waals surface area contributed by atoms with Gasteiger partial charge in [0.25, 0.3) is 0 Å². The fourth-order valence-electron chi connectivity index (χ4n) is 6.61. The Bertz CT molecular complexity index is 1210. The van der Waals surface area contributed by atoms with Crippen LogP contribution in [0, 0.1) is 0 Å². The largest absolute Gasteiger partial charge is 0.394 e. The Morgan fingerprint density at radius 3 is 0.786 bits per heavy atom. The molecule has 0 spiro atoms. The van der Waals surface area contributed by atoms with E-state index in [0.29, 0.717) is 0 Å². The lowest BCUT2D eigenvalue weighted by Gasteiger charge is -2.44. The van der Waals surface area contributed by atoms with Crippen molar-refractivity contribution in [2.75, 3.05) is 33.0 Å². The van der Waals surface area contributed by atoms with Gasteiger partial charge in [0.1, 0.15) is 122 Å². The molecule has 0 aliphatic carbocycles. The first kappa shape index (κ1) is 46.0. The van der Waals surface area contributed by atoms with Gasteiger partial charge in [-0.25, -0.2) is 0 Å². The molecule has 0 aromatic heterocycles. The summed E-state index contributed by atoms with van der Waals surface area (Å²) in [5.74, 6) is 0. The van der Waals surface area contributed by atoms with Gasteiger partial charge in [0, 0.05) is 0 Å². The third kappa shape index (κ3) is 9.77. The average molecular weight is 829 g/mol. The topological polar surface area (TPSA) is 427 Å². The molecule has 328 valence electrons. The summed E-state index contributed by atoms with van der Waals surface area (Å²) in [4.78, 5) is 0. The third-order valence-electron chi connectivity index (χ3n) is 10.2. The predicted octanol–water partition coefficient (Wildman–Crippen LogP) is -11.9. The van der Waals surface area contributed by atoms with E-state index >= 15 is 0 Å². The first-order valence-corrected chi connectivity index (χ1v) is 17.6. The number of aliphatic hydroxyl groups is 17. The SMILES string of the molecule is OC[C@H]1O[C@@H](OC[C@H]2O[C@@H](OC[C@H]3O[C@@H](OC[C@H]4O[C@@H](OC[C@H]5O[C@@H](O)[C@H](O)[C@@H](O)[C@@H]5O)[C@H](O)[C@@H](O)[C@@H]4O)[C@H](O)[C@@H](O)[C@H]3O)[C@H](O)[C@@H](O)[C@@H]2O)[C@H](O)[C@@H](O)[C@@H]1O. The number of ether oxygens (including phenoxy) is 9. The van der Waals surface area contributed by atoms with Gasteiger partial charge >= 0.3 is 0 Å². The minimum atomic E-state index is -1.96. The lowest BCUT2D eigenvalue weighted by Crippen LogP contribution is -2.63. The fourth-order valence-corrected chi connectivity index (χ4v) is 6.61. The van der Waals surface area contributed by atoms with Gasteiger partial charge in [0.15, 0.2) is 31.5 Å². The average Bonchev–Trinajstić information content (AvgIpc) is 3.18. The predicted molar refractivity (Wildman–Crippen MR) is 167 cm³/mol. The van der Waals surface area contributed by atoms with E-state index in [0.717, 1.165) is 0 Å². The maximum Gasteiger partial charge on any atom is 0.186 e. The van der Waals surface area contributed by atoms with Crippen LogP contribution in [0.1, 0.15) is 0 Å². The monoisotopic (exact) mass is 828 g/mol. The van der Waals surface area contributed by atoms with Crippen molar-refractivity contribution in [1.82, 2.24) is 0 Å². The van der Waals surface area contributed by atoms with Crippen LogP contribution in [0.15, 0.2) is 0 Å². The highest BCUT2D eigenvalue weighted by molar-refractivity contribution is 4.95. The minimum absolute atomic E-state index is 0.669. The smallest absolute Gasteiger partial charge is 0.186 e. The highest BCUT2D eigenvalue weighted by Crippen LogP contribution is 2.30. The molecule has 26 heteroatoms. The maximum absolute atomic E-state index is 10.6. The second-order valence-electron chi connectivity index (χ2n) is 14.1. The van der Waals surface area contributed by atoms with Gasteiger partial charge in [-0.1, -0.05) is 0 Å². The van der Waals surface area contributed by atoms with Crippen LogP contribution in [-0.4, -0.2) is 273 Å². The molecular formula is C30H52O26. The van der Waals surface area contributed by atoms with Gasteiger partial charge in [0.05, 0.1) is 33.0 Å². The van der Waals surface area contributed by atoms with Crippen LogP contribution in [0.5, 0.6) is 0 Å². The van der Waals surface area contributed by atoms with Crippen molar-refractivity contribution in [2.24, 2.45) is 0 Å². The molecule has 5 aliphatic heterocycles. The summed E-state index contributed by atoms with van der Waals surface area (Å²) in [6.07, 6.45) is -44.0. The van der Waals surface area contributed by atoms with E-state index in [1.165, 1.54) is 0 Å². The van der Waals surface area contributed by atoms with Crippen LogP contribution < -0.4 is 0 Å². The third-order valence-corrected chi connectivity index (χ3v) is 10.2. The molecule has 0 saturated carbocycles. The molecule has 0 unspecified atom stereocenters. The minimum Gasteiger partial charge on any atom is -0.394 e. The van der Waals surface area contributed by atoms with Crippen LogP contribution >= 0.6 is 0 Å². The van der Waals surface area contributed by atoms with E-state index < -0.39 is 187 Å². The van der Waals surface area contributed by atoms with E-state index in [1.807, 2.05) is 0 Å². The molecule has 17 N–H and O–H groups in total. The van der Waals surface area contributed by atoms with Gasteiger partial charge < -0.3 is 129 Å². The molecule has 0 aromatic rings. The number of hydrogen-bond donors (Lipinski definition) is 17. The van der Waals surface area contributed by atoms with E-state index in [1.54, 1.807) is 0 Å². The number of hydrogen-bond acceptors (Lipinski definition) is 26. The van der Waals surface area contributed by atoms with Crippen molar-refractivity contribution < 1.29 is 129 Å². The lowest BCUT2D eigenvalue weighted by molar-refractivity contribution is -0.350. The molecule has 5 rings (SSSR count). The molecule has 26 nitrogen and oxygen atoms in total. The molecule has 0 bridgehead atoms. The van der Waals surface area contributed by atoms with Crippen LogP contribution in [0.3, 0.4) is 0 Å². The second kappa shape index (κ2) is 19.6. The van der Waals surface area contributed by atoms with E-state index in [9.17, 15) is 86.8 Å². The highest BCUT2D eigenvalue weighted by atomic mass is 16.8. The van der Waals surface area contributed by atoms with Gasteiger partial charge in [-0.15, -0.1) is 0 Å².